The maximum atomic E-state index is 11.0. The molecular weight excluding hydrogens is 256 g/mol. The van der Waals surface area contributed by atoms with Gasteiger partial charge in [0.05, 0.1) is 0 Å². The number of benzene rings is 2. The van der Waals surface area contributed by atoms with E-state index in [0.717, 1.165) is 11.1 Å². The Hall–Kier alpha value is -2.49. The monoisotopic (exact) mass is 272 g/mol. The highest BCUT2D eigenvalue weighted by Gasteiger charge is 2.14. The normalized spacial score (nSPS) is 10.3. The molecule has 0 amide bonds. The summed E-state index contributed by atoms with van der Waals surface area (Å²) in [6.45, 7) is 3.88. The molecule has 0 saturated carbocycles. The van der Waals surface area contributed by atoms with Crippen LogP contribution in [-0.2, 0) is 6.61 Å². The Bertz CT molecular complexity index is 630. The topological polar surface area (TPSA) is 66.8 Å². The van der Waals surface area contributed by atoms with Gasteiger partial charge in [-0.3, -0.25) is 0 Å². The molecular formula is C16H16O4. The number of rotatable bonds is 4. The van der Waals surface area contributed by atoms with Gasteiger partial charge in [0.15, 0.2) is 0 Å². The van der Waals surface area contributed by atoms with Crippen molar-refractivity contribution in [3.8, 4) is 11.5 Å². The van der Waals surface area contributed by atoms with Crippen LogP contribution in [-0.4, -0.2) is 16.2 Å². The van der Waals surface area contributed by atoms with Crippen molar-refractivity contribution in [1.29, 1.82) is 0 Å². The summed E-state index contributed by atoms with van der Waals surface area (Å²) >= 11 is 0. The van der Waals surface area contributed by atoms with Gasteiger partial charge in [-0.2, -0.15) is 0 Å². The third kappa shape index (κ3) is 3.09. The molecule has 0 spiro atoms. The molecule has 0 aliphatic carbocycles. The van der Waals surface area contributed by atoms with E-state index in [1.54, 1.807) is 13.0 Å². The van der Waals surface area contributed by atoms with Gasteiger partial charge in [0.1, 0.15) is 23.7 Å². The van der Waals surface area contributed by atoms with E-state index in [2.05, 4.69) is 0 Å². The summed E-state index contributed by atoms with van der Waals surface area (Å²) in [5.74, 6) is -0.716. The van der Waals surface area contributed by atoms with Crippen LogP contribution < -0.4 is 4.74 Å². The Morgan fingerprint density at radius 3 is 2.35 bits per heavy atom. The standard InChI is InChI=1S/C16H16O4/c1-10-3-5-13(6-4-10)20-9-12-7-11(2)8-14(15(12)17)16(18)19/h3-8,17H,9H2,1-2H3,(H,18,19). The summed E-state index contributed by atoms with van der Waals surface area (Å²) in [6, 6.07) is 10.7. The highest BCUT2D eigenvalue weighted by Crippen LogP contribution is 2.26. The van der Waals surface area contributed by atoms with E-state index in [0.29, 0.717) is 11.3 Å². The maximum absolute atomic E-state index is 11.0. The molecule has 0 aliphatic rings. The summed E-state index contributed by atoms with van der Waals surface area (Å²) < 4.78 is 5.56. The van der Waals surface area contributed by atoms with E-state index >= 15 is 0 Å². The second-order valence-electron chi connectivity index (χ2n) is 4.73. The second kappa shape index (κ2) is 5.65. The van der Waals surface area contributed by atoms with Gasteiger partial charge < -0.3 is 14.9 Å². The van der Waals surface area contributed by atoms with E-state index in [1.807, 2.05) is 31.2 Å². The van der Waals surface area contributed by atoms with Crippen LogP contribution >= 0.6 is 0 Å². The lowest BCUT2D eigenvalue weighted by atomic mass is 10.1. The van der Waals surface area contributed by atoms with Crippen molar-refractivity contribution in [2.24, 2.45) is 0 Å². The third-order valence-corrected chi connectivity index (χ3v) is 2.98. The number of carboxylic acid groups (broad SMARTS) is 1. The van der Waals surface area contributed by atoms with Crippen LogP contribution in [0.3, 0.4) is 0 Å². The first kappa shape index (κ1) is 13.9. The molecule has 2 N–H and O–H groups in total. The second-order valence-corrected chi connectivity index (χ2v) is 4.73. The number of hydrogen-bond acceptors (Lipinski definition) is 3. The first-order valence-corrected chi connectivity index (χ1v) is 6.22. The smallest absolute Gasteiger partial charge is 0.339 e. The van der Waals surface area contributed by atoms with Gasteiger partial charge in [-0.25, -0.2) is 4.79 Å². The van der Waals surface area contributed by atoms with Crippen LogP contribution in [0, 0.1) is 13.8 Å². The van der Waals surface area contributed by atoms with Crippen LogP contribution in [0.25, 0.3) is 0 Å². The molecule has 104 valence electrons. The van der Waals surface area contributed by atoms with Gasteiger partial charge in [-0.05, 0) is 43.7 Å². The first-order valence-electron chi connectivity index (χ1n) is 6.22. The highest BCUT2D eigenvalue weighted by molar-refractivity contribution is 5.91. The van der Waals surface area contributed by atoms with Crippen molar-refractivity contribution >= 4 is 5.97 Å². The Balaban J connectivity index is 2.21. The zero-order valence-electron chi connectivity index (χ0n) is 11.4. The lowest BCUT2D eigenvalue weighted by Gasteiger charge is -2.11. The lowest BCUT2D eigenvalue weighted by molar-refractivity contribution is 0.0693. The molecule has 2 aromatic carbocycles. The largest absolute Gasteiger partial charge is 0.507 e. The summed E-state index contributed by atoms with van der Waals surface area (Å²) in [5, 5.41) is 19.0. The maximum Gasteiger partial charge on any atom is 0.339 e. The van der Waals surface area contributed by atoms with E-state index in [9.17, 15) is 9.90 Å². The van der Waals surface area contributed by atoms with Crippen LogP contribution in [0.15, 0.2) is 36.4 Å². The fourth-order valence-corrected chi connectivity index (χ4v) is 1.92. The van der Waals surface area contributed by atoms with Gasteiger partial charge in [0.2, 0.25) is 0 Å². The number of aromatic hydroxyl groups is 1. The van der Waals surface area contributed by atoms with Gasteiger partial charge in [-0.15, -0.1) is 0 Å². The molecule has 0 saturated heterocycles. The van der Waals surface area contributed by atoms with Crippen molar-refractivity contribution < 1.29 is 19.7 Å². The fraction of sp³-hybridized carbons (Fsp3) is 0.188. The van der Waals surface area contributed by atoms with Gasteiger partial charge in [0, 0.05) is 5.56 Å². The number of aromatic carboxylic acids is 1. The van der Waals surface area contributed by atoms with E-state index in [4.69, 9.17) is 9.84 Å². The van der Waals surface area contributed by atoms with Crippen LogP contribution in [0.1, 0.15) is 27.0 Å². The Morgan fingerprint density at radius 1 is 1.10 bits per heavy atom. The lowest BCUT2D eigenvalue weighted by Crippen LogP contribution is -2.03. The summed E-state index contributed by atoms with van der Waals surface area (Å²) in [7, 11) is 0. The van der Waals surface area contributed by atoms with Gasteiger partial charge in [0.25, 0.3) is 0 Å². The number of ether oxygens (including phenoxy) is 1. The molecule has 4 nitrogen and oxygen atoms in total. The third-order valence-electron chi connectivity index (χ3n) is 2.98. The van der Waals surface area contributed by atoms with Gasteiger partial charge >= 0.3 is 5.97 Å². The summed E-state index contributed by atoms with van der Waals surface area (Å²) in [4.78, 5) is 11.0. The predicted molar refractivity (Wildman–Crippen MR) is 75.3 cm³/mol. The molecule has 0 bridgehead atoms. The van der Waals surface area contributed by atoms with Crippen molar-refractivity contribution in [3.63, 3.8) is 0 Å². The molecule has 2 aromatic rings. The molecule has 2 rings (SSSR count). The van der Waals surface area contributed by atoms with Crippen molar-refractivity contribution in [2.45, 2.75) is 20.5 Å². The minimum absolute atomic E-state index is 0.104. The van der Waals surface area contributed by atoms with Crippen molar-refractivity contribution in [2.75, 3.05) is 0 Å². The van der Waals surface area contributed by atoms with Crippen molar-refractivity contribution in [3.05, 3.63) is 58.7 Å². The molecule has 0 unspecified atom stereocenters. The van der Waals surface area contributed by atoms with E-state index in [-0.39, 0.29) is 17.9 Å². The molecule has 0 atom stereocenters. The summed E-state index contributed by atoms with van der Waals surface area (Å²) in [5.41, 5.74) is 2.25. The average molecular weight is 272 g/mol. The SMILES string of the molecule is Cc1ccc(OCc2cc(C)cc(C(=O)O)c2O)cc1. The van der Waals surface area contributed by atoms with Crippen molar-refractivity contribution in [1.82, 2.24) is 0 Å². The number of carbonyl (C=O) groups is 1. The molecule has 0 aliphatic heterocycles. The zero-order chi connectivity index (χ0) is 14.7. The Morgan fingerprint density at radius 2 is 1.75 bits per heavy atom. The number of carboxylic acids is 1. The predicted octanol–water partition coefficient (Wildman–Crippen LogP) is 3.29. The minimum Gasteiger partial charge on any atom is -0.507 e. The average Bonchev–Trinajstić information content (AvgIpc) is 2.41. The zero-order valence-corrected chi connectivity index (χ0v) is 11.4. The van der Waals surface area contributed by atoms with Gasteiger partial charge in [-0.1, -0.05) is 17.7 Å². The van der Waals surface area contributed by atoms with Crippen LogP contribution in [0.5, 0.6) is 11.5 Å². The molecule has 0 aromatic heterocycles. The molecule has 0 radical (unpaired) electrons. The van der Waals surface area contributed by atoms with E-state index < -0.39 is 5.97 Å². The number of aryl methyl sites for hydroxylation is 2. The fourth-order valence-electron chi connectivity index (χ4n) is 1.92. The van der Waals surface area contributed by atoms with Crippen LogP contribution in [0.2, 0.25) is 0 Å². The molecule has 0 heterocycles. The quantitative estimate of drug-likeness (QED) is 0.896. The molecule has 4 heteroatoms. The first-order chi connectivity index (χ1) is 9.47. The number of phenols is 1. The summed E-state index contributed by atoms with van der Waals surface area (Å²) in [6.07, 6.45) is 0. The minimum atomic E-state index is -1.15. The highest BCUT2D eigenvalue weighted by atomic mass is 16.5. The van der Waals surface area contributed by atoms with E-state index in [1.165, 1.54) is 6.07 Å². The number of hydrogen-bond donors (Lipinski definition) is 2. The molecule has 0 fully saturated rings. The molecule has 20 heavy (non-hydrogen) atoms. The van der Waals surface area contributed by atoms with Crippen LogP contribution in [0.4, 0.5) is 0 Å². The Kier molecular flexibility index (Phi) is 3.94. The Labute approximate surface area is 117 Å².